The van der Waals surface area contributed by atoms with E-state index in [0.717, 1.165) is 44.4 Å². The van der Waals surface area contributed by atoms with Crippen LogP contribution >= 0.6 is 0 Å². The molecule has 112 valence electrons. The molecule has 1 aliphatic heterocycles. The summed E-state index contributed by atoms with van der Waals surface area (Å²) < 4.78 is 0. The average Bonchev–Trinajstić information content (AvgIpc) is 2.52. The lowest BCUT2D eigenvalue weighted by Gasteiger charge is -2.34. The van der Waals surface area contributed by atoms with Gasteiger partial charge in [-0.1, -0.05) is 19.1 Å². The van der Waals surface area contributed by atoms with Crippen LogP contribution in [0.3, 0.4) is 0 Å². The van der Waals surface area contributed by atoms with Crippen LogP contribution in [0.15, 0.2) is 30.3 Å². The van der Waals surface area contributed by atoms with E-state index in [4.69, 9.17) is 5.11 Å². The molecule has 1 aliphatic rings. The van der Waals surface area contributed by atoms with Crippen LogP contribution in [-0.4, -0.2) is 59.5 Å². The summed E-state index contributed by atoms with van der Waals surface area (Å²) in [4.78, 5) is 27.2. The maximum atomic E-state index is 12.5. The van der Waals surface area contributed by atoms with Crippen LogP contribution in [0.1, 0.15) is 22.8 Å². The second kappa shape index (κ2) is 7.04. The number of benzene rings is 1. The molecule has 2 rings (SSSR count). The van der Waals surface area contributed by atoms with Crippen LogP contribution in [-0.2, 0) is 4.79 Å². The summed E-state index contributed by atoms with van der Waals surface area (Å²) in [6.45, 7) is 6.42. The number of carbonyl (C=O) groups is 2. The lowest BCUT2D eigenvalue weighted by atomic mass is 10.1. The molecular weight excluding hydrogens is 268 g/mol. The van der Waals surface area contributed by atoms with Gasteiger partial charge in [-0.05, 0) is 30.3 Å². The number of rotatable bonds is 4. The standard InChI is InChI=1S/C16H20N2O3/c1-2-17-8-10-18(11-9-17)16(21)14-5-3-4-13(12-14)6-7-15(19)20/h3-7,12H,2,8-11H2,1H3,(H,19,20). The number of carboxylic acid groups (broad SMARTS) is 1. The predicted octanol–water partition coefficient (Wildman–Crippen LogP) is 1.56. The van der Waals surface area contributed by atoms with Gasteiger partial charge in [-0.3, -0.25) is 4.79 Å². The Morgan fingerprint density at radius 2 is 1.95 bits per heavy atom. The molecule has 0 bridgehead atoms. The van der Waals surface area contributed by atoms with Gasteiger partial charge in [0.05, 0.1) is 0 Å². The zero-order valence-electron chi connectivity index (χ0n) is 12.2. The minimum Gasteiger partial charge on any atom is -0.478 e. The first kappa shape index (κ1) is 15.3. The third-order valence-corrected chi connectivity index (χ3v) is 3.66. The number of hydrogen-bond donors (Lipinski definition) is 1. The molecule has 1 aromatic rings. The Hall–Kier alpha value is -2.14. The molecule has 1 N–H and O–H groups in total. The van der Waals surface area contributed by atoms with Gasteiger partial charge in [-0.25, -0.2) is 4.79 Å². The SMILES string of the molecule is CCN1CCN(C(=O)c2cccc(C=CC(=O)O)c2)CC1. The lowest BCUT2D eigenvalue weighted by Crippen LogP contribution is -2.48. The molecule has 1 heterocycles. The molecule has 1 fully saturated rings. The summed E-state index contributed by atoms with van der Waals surface area (Å²) in [5.41, 5.74) is 1.32. The molecule has 0 unspecified atom stereocenters. The highest BCUT2D eigenvalue weighted by molar-refractivity contribution is 5.95. The normalized spacial score (nSPS) is 16.3. The number of amides is 1. The van der Waals surface area contributed by atoms with Crippen molar-refractivity contribution in [2.75, 3.05) is 32.7 Å². The van der Waals surface area contributed by atoms with Crippen molar-refractivity contribution in [2.24, 2.45) is 0 Å². The molecule has 0 aliphatic carbocycles. The zero-order chi connectivity index (χ0) is 15.2. The van der Waals surface area contributed by atoms with Crippen molar-refractivity contribution in [3.05, 3.63) is 41.5 Å². The number of carbonyl (C=O) groups excluding carboxylic acids is 1. The van der Waals surface area contributed by atoms with Crippen LogP contribution in [0.4, 0.5) is 0 Å². The summed E-state index contributed by atoms with van der Waals surface area (Å²) in [6, 6.07) is 7.06. The maximum Gasteiger partial charge on any atom is 0.328 e. The summed E-state index contributed by atoms with van der Waals surface area (Å²) in [7, 11) is 0. The fraction of sp³-hybridized carbons (Fsp3) is 0.375. The van der Waals surface area contributed by atoms with Gasteiger partial charge in [-0.15, -0.1) is 0 Å². The summed E-state index contributed by atoms with van der Waals surface area (Å²) >= 11 is 0. The van der Waals surface area contributed by atoms with E-state index in [1.807, 2.05) is 4.90 Å². The molecule has 0 radical (unpaired) electrons. The van der Waals surface area contributed by atoms with E-state index in [9.17, 15) is 9.59 Å². The minimum atomic E-state index is -0.998. The Labute approximate surface area is 124 Å². The van der Waals surface area contributed by atoms with E-state index in [-0.39, 0.29) is 5.91 Å². The largest absolute Gasteiger partial charge is 0.478 e. The monoisotopic (exact) mass is 288 g/mol. The number of aliphatic carboxylic acids is 1. The predicted molar refractivity (Wildman–Crippen MR) is 81.1 cm³/mol. The third kappa shape index (κ3) is 4.16. The van der Waals surface area contributed by atoms with E-state index >= 15 is 0 Å². The second-order valence-corrected chi connectivity index (χ2v) is 5.02. The smallest absolute Gasteiger partial charge is 0.328 e. The number of hydrogen-bond acceptors (Lipinski definition) is 3. The van der Waals surface area contributed by atoms with Crippen molar-refractivity contribution in [3.63, 3.8) is 0 Å². The van der Waals surface area contributed by atoms with Crippen molar-refractivity contribution in [1.29, 1.82) is 0 Å². The topological polar surface area (TPSA) is 60.9 Å². The molecule has 1 aromatic carbocycles. The summed E-state index contributed by atoms with van der Waals surface area (Å²) in [5.74, 6) is -0.987. The maximum absolute atomic E-state index is 12.5. The van der Waals surface area contributed by atoms with Crippen molar-refractivity contribution < 1.29 is 14.7 Å². The van der Waals surface area contributed by atoms with Crippen LogP contribution in [0.2, 0.25) is 0 Å². The first-order chi connectivity index (χ1) is 10.1. The quantitative estimate of drug-likeness (QED) is 0.854. The molecule has 21 heavy (non-hydrogen) atoms. The lowest BCUT2D eigenvalue weighted by molar-refractivity contribution is -0.131. The molecule has 0 spiro atoms. The first-order valence-corrected chi connectivity index (χ1v) is 7.13. The highest BCUT2D eigenvalue weighted by Crippen LogP contribution is 2.12. The van der Waals surface area contributed by atoms with Crippen LogP contribution in [0.25, 0.3) is 6.08 Å². The van der Waals surface area contributed by atoms with Gasteiger partial charge >= 0.3 is 5.97 Å². The Kier molecular flexibility index (Phi) is 5.11. The van der Waals surface area contributed by atoms with Crippen molar-refractivity contribution in [1.82, 2.24) is 9.80 Å². The number of likely N-dealkylation sites (N-methyl/N-ethyl adjacent to an activating group) is 1. The molecule has 5 heteroatoms. The first-order valence-electron chi connectivity index (χ1n) is 7.13. The zero-order valence-corrected chi connectivity index (χ0v) is 12.2. The van der Waals surface area contributed by atoms with Crippen LogP contribution in [0, 0.1) is 0 Å². The van der Waals surface area contributed by atoms with Crippen molar-refractivity contribution in [2.45, 2.75) is 6.92 Å². The van der Waals surface area contributed by atoms with Crippen molar-refractivity contribution >= 4 is 18.0 Å². The fourth-order valence-electron chi connectivity index (χ4n) is 2.39. The molecule has 5 nitrogen and oxygen atoms in total. The molecule has 0 aromatic heterocycles. The van der Waals surface area contributed by atoms with E-state index in [2.05, 4.69) is 11.8 Å². The summed E-state index contributed by atoms with van der Waals surface area (Å²) in [5, 5.41) is 8.64. The van der Waals surface area contributed by atoms with E-state index < -0.39 is 5.97 Å². The highest BCUT2D eigenvalue weighted by Gasteiger charge is 2.21. The van der Waals surface area contributed by atoms with E-state index in [1.54, 1.807) is 24.3 Å². The Morgan fingerprint density at radius 3 is 2.57 bits per heavy atom. The Balaban J connectivity index is 2.06. The van der Waals surface area contributed by atoms with Gasteiger partial charge in [0.2, 0.25) is 0 Å². The van der Waals surface area contributed by atoms with Gasteiger partial charge in [0.25, 0.3) is 5.91 Å². The highest BCUT2D eigenvalue weighted by atomic mass is 16.4. The molecule has 1 saturated heterocycles. The molecule has 0 atom stereocenters. The molecule has 1 amide bonds. The van der Waals surface area contributed by atoms with Gasteiger partial charge in [0.15, 0.2) is 0 Å². The minimum absolute atomic E-state index is 0.0105. The van der Waals surface area contributed by atoms with Crippen LogP contribution in [0.5, 0.6) is 0 Å². The average molecular weight is 288 g/mol. The number of nitrogens with zero attached hydrogens (tertiary/aromatic N) is 2. The van der Waals surface area contributed by atoms with E-state index in [1.165, 1.54) is 6.08 Å². The van der Waals surface area contributed by atoms with E-state index in [0.29, 0.717) is 5.56 Å². The Morgan fingerprint density at radius 1 is 1.24 bits per heavy atom. The van der Waals surface area contributed by atoms with Crippen LogP contribution < -0.4 is 0 Å². The van der Waals surface area contributed by atoms with Gasteiger partial charge in [0, 0.05) is 37.8 Å². The van der Waals surface area contributed by atoms with Gasteiger partial charge in [0.1, 0.15) is 0 Å². The Bertz CT molecular complexity index is 546. The summed E-state index contributed by atoms with van der Waals surface area (Å²) in [6.07, 6.45) is 2.57. The molecule has 0 saturated carbocycles. The van der Waals surface area contributed by atoms with Gasteiger partial charge < -0.3 is 14.9 Å². The molecular formula is C16H20N2O3. The second-order valence-electron chi connectivity index (χ2n) is 5.02. The van der Waals surface area contributed by atoms with Crippen molar-refractivity contribution in [3.8, 4) is 0 Å². The fourth-order valence-corrected chi connectivity index (χ4v) is 2.39. The number of carboxylic acids is 1. The number of piperazine rings is 1. The third-order valence-electron chi connectivity index (χ3n) is 3.66. The van der Waals surface area contributed by atoms with Gasteiger partial charge in [-0.2, -0.15) is 0 Å².